The van der Waals surface area contributed by atoms with Crippen LogP contribution in [0, 0.1) is 11.3 Å². The van der Waals surface area contributed by atoms with Crippen LogP contribution in [0.15, 0.2) is 47.4 Å². The van der Waals surface area contributed by atoms with Crippen LogP contribution in [-0.4, -0.2) is 53.7 Å². The van der Waals surface area contributed by atoms with Crippen LogP contribution in [0.4, 0.5) is 0 Å². The lowest BCUT2D eigenvalue weighted by molar-refractivity contribution is -0.131. The average molecular weight is 482 g/mol. The smallest absolute Gasteiger partial charge is 0.242 e. The van der Waals surface area contributed by atoms with Crippen molar-refractivity contribution >= 4 is 27.0 Å². The SMILES string of the molecule is CCCN(Cc1ccc(C#N)cc1)C(=O)CCc1nc2cc(S(=O)(=O)N(C)C)ccc2n1CC. The quantitative estimate of drug-likeness (QED) is 0.441. The molecule has 34 heavy (non-hydrogen) atoms. The van der Waals surface area contributed by atoms with Gasteiger partial charge >= 0.3 is 0 Å². The number of aryl methyl sites for hydroxylation is 2. The lowest BCUT2D eigenvalue weighted by atomic mass is 10.1. The van der Waals surface area contributed by atoms with Crippen molar-refractivity contribution in [1.82, 2.24) is 18.8 Å². The molecule has 1 heterocycles. The van der Waals surface area contributed by atoms with E-state index >= 15 is 0 Å². The number of fused-ring (bicyclic) bond motifs is 1. The fourth-order valence-corrected chi connectivity index (χ4v) is 4.84. The van der Waals surface area contributed by atoms with Crippen LogP contribution in [-0.2, 0) is 34.3 Å². The molecule has 0 fully saturated rings. The highest BCUT2D eigenvalue weighted by Crippen LogP contribution is 2.23. The Morgan fingerprint density at radius 2 is 1.82 bits per heavy atom. The van der Waals surface area contributed by atoms with Crippen LogP contribution in [0.5, 0.6) is 0 Å². The van der Waals surface area contributed by atoms with Gasteiger partial charge in [0, 0.05) is 46.6 Å². The van der Waals surface area contributed by atoms with Crippen molar-refractivity contribution in [2.45, 2.75) is 51.1 Å². The number of hydrogen-bond acceptors (Lipinski definition) is 5. The zero-order chi connectivity index (χ0) is 24.9. The van der Waals surface area contributed by atoms with Gasteiger partial charge in [0.2, 0.25) is 15.9 Å². The molecule has 0 saturated heterocycles. The molecule has 0 radical (unpaired) electrons. The van der Waals surface area contributed by atoms with Gasteiger partial charge < -0.3 is 9.47 Å². The van der Waals surface area contributed by atoms with Crippen LogP contribution >= 0.6 is 0 Å². The van der Waals surface area contributed by atoms with Crippen LogP contribution in [0.1, 0.15) is 43.6 Å². The van der Waals surface area contributed by atoms with E-state index < -0.39 is 10.0 Å². The van der Waals surface area contributed by atoms with Gasteiger partial charge in [-0.15, -0.1) is 0 Å². The van der Waals surface area contributed by atoms with Crippen molar-refractivity contribution < 1.29 is 13.2 Å². The molecular formula is C25H31N5O3S. The molecule has 0 bridgehead atoms. The van der Waals surface area contributed by atoms with Crippen molar-refractivity contribution in [1.29, 1.82) is 5.26 Å². The summed E-state index contributed by atoms with van der Waals surface area (Å²) in [5, 5.41) is 8.98. The molecule has 0 aliphatic rings. The van der Waals surface area contributed by atoms with E-state index in [1.165, 1.54) is 18.4 Å². The molecule has 1 aromatic heterocycles. The van der Waals surface area contributed by atoms with Crippen LogP contribution in [0.3, 0.4) is 0 Å². The molecule has 3 rings (SSSR count). The number of benzene rings is 2. The summed E-state index contributed by atoms with van der Waals surface area (Å²) >= 11 is 0. The first-order valence-corrected chi connectivity index (χ1v) is 12.8. The summed E-state index contributed by atoms with van der Waals surface area (Å²) in [5.41, 5.74) is 3.04. The first kappa shape index (κ1) is 25.4. The highest BCUT2D eigenvalue weighted by molar-refractivity contribution is 7.89. The van der Waals surface area contributed by atoms with Gasteiger partial charge in [0.15, 0.2) is 0 Å². The number of sulfonamides is 1. The molecule has 0 N–H and O–H groups in total. The van der Waals surface area contributed by atoms with Gasteiger partial charge in [0.05, 0.1) is 27.6 Å². The molecule has 3 aromatic rings. The van der Waals surface area contributed by atoms with E-state index in [1.54, 1.807) is 30.3 Å². The topological polar surface area (TPSA) is 99.3 Å². The molecule has 0 aliphatic carbocycles. The Labute approximate surface area is 201 Å². The average Bonchev–Trinajstić information content (AvgIpc) is 3.19. The van der Waals surface area contributed by atoms with E-state index in [0.29, 0.717) is 43.6 Å². The van der Waals surface area contributed by atoms with E-state index in [-0.39, 0.29) is 10.8 Å². The van der Waals surface area contributed by atoms with Gasteiger partial charge in [0.1, 0.15) is 5.82 Å². The van der Waals surface area contributed by atoms with Crippen molar-refractivity contribution in [2.75, 3.05) is 20.6 Å². The number of amides is 1. The van der Waals surface area contributed by atoms with Crippen LogP contribution in [0.2, 0.25) is 0 Å². The fourth-order valence-electron chi connectivity index (χ4n) is 3.92. The Bertz CT molecular complexity index is 1300. The molecule has 8 nitrogen and oxygen atoms in total. The molecule has 1 amide bonds. The number of nitrogens with zero attached hydrogens (tertiary/aromatic N) is 5. The predicted octanol–water partition coefficient (Wildman–Crippen LogP) is 3.55. The maximum atomic E-state index is 13.1. The summed E-state index contributed by atoms with van der Waals surface area (Å²) in [4.78, 5) is 19.8. The second-order valence-corrected chi connectivity index (χ2v) is 10.5. The van der Waals surface area contributed by atoms with E-state index in [9.17, 15) is 13.2 Å². The van der Waals surface area contributed by atoms with Gasteiger partial charge in [-0.1, -0.05) is 19.1 Å². The van der Waals surface area contributed by atoms with Crippen LogP contribution in [0.25, 0.3) is 11.0 Å². The summed E-state index contributed by atoms with van der Waals surface area (Å²) in [6, 6.07) is 14.4. The molecular weight excluding hydrogens is 450 g/mol. The highest BCUT2D eigenvalue weighted by Gasteiger charge is 2.20. The largest absolute Gasteiger partial charge is 0.338 e. The molecule has 0 aliphatic heterocycles. The minimum absolute atomic E-state index is 0.0387. The Kier molecular flexibility index (Phi) is 8.07. The van der Waals surface area contributed by atoms with Crippen molar-refractivity contribution in [3.8, 4) is 6.07 Å². The molecule has 9 heteroatoms. The van der Waals surface area contributed by atoms with Gasteiger partial charge in [-0.3, -0.25) is 4.79 Å². The molecule has 0 atom stereocenters. The molecule has 0 unspecified atom stereocenters. The first-order chi connectivity index (χ1) is 16.2. The molecule has 180 valence electrons. The summed E-state index contributed by atoms with van der Waals surface area (Å²) in [7, 11) is -0.548. The standard InChI is InChI=1S/C25H31N5O3S/c1-5-15-29(18-20-9-7-19(17-26)8-10-20)25(31)14-13-24-27-22-16-21(34(32,33)28(3)4)11-12-23(22)30(24)6-2/h7-12,16H,5-6,13-15,18H2,1-4H3. The lowest BCUT2D eigenvalue weighted by Crippen LogP contribution is -2.31. The van der Waals surface area contributed by atoms with Gasteiger partial charge in [-0.05, 0) is 49.2 Å². The van der Waals surface area contributed by atoms with Gasteiger partial charge in [-0.25, -0.2) is 17.7 Å². The maximum Gasteiger partial charge on any atom is 0.242 e. The third kappa shape index (κ3) is 5.46. The van der Waals surface area contributed by atoms with E-state index in [2.05, 4.69) is 11.1 Å². The Morgan fingerprint density at radius 3 is 2.41 bits per heavy atom. The minimum atomic E-state index is -3.55. The fraction of sp³-hybridized carbons (Fsp3) is 0.400. The summed E-state index contributed by atoms with van der Waals surface area (Å²) in [6.07, 6.45) is 1.62. The van der Waals surface area contributed by atoms with E-state index in [0.717, 1.165) is 23.3 Å². The Hall–Kier alpha value is -3.22. The summed E-state index contributed by atoms with van der Waals surface area (Å²) in [5.74, 6) is 0.803. The number of rotatable bonds is 10. The Balaban J connectivity index is 1.79. The highest BCUT2D eigenvalue weighted by atomic mass is 32.2. The number of nitriles is 1. The molecule has 0 spiro atoms. The number of imidazole rings is 1. The van der Waals surface area contributed by atoms with E-state index in [4.69, 9.17) is 5.26 Å². The van der Waals surface area contributed by atoms with E-state index in [1.807, 2.05) is 35.4 Å². The van der Waals surface area contributed by atoms with Crippen molar-refractivity contribution in [3.05, 3.63) is 59.4 Å². The zero-order valence-corrected chi connectivity index (χ0v) is 21.0. The molecule has 2 aromatic carbocycles. The third-order valence-electron chi connectivity index (χ3n) is 5.76. The van der Waals surface area contributed by atoms with Gasteiger partial charge in [-0.2, -0.15) is 5.26 Å². The second kappa shape index (κ2) is 10.8. The maximum absolute atomic E-state index is 13.1. The normalized spacial score (nSPS) is 11.6. The lowest BCUT2D eigenvalue weighted by Gasteiger charge is -2.22. The number of hydrogen-bond donors (Lipinski definition) is 0. The number of carbonyl (C=O) groups is 1. The number of carbonyl (C=O) groups excluding carboxylic acids is 1. The van der Waals surface area contributed by atoms with Crippen molar-refractivity contribution in [2.24, 2.45) is 0 Å². The monoisotopic (exact) mass is 481 g/mol. The van der Waals surface area contributed by atoms with Gasteiger partial charge in [0.25, 0.3) is 0 Å². The minimum Gasteiger partial charge on any atom is -0.338 e. The molecule has 0 saturated carbocycles. The summed E-state index contributed by atoms with van der Waals surface area (Å²) in [6.45, 7) is 5.85. The first-order valence-electron chi connectivity index (χ1n) is 11.4. The van der Waals surface area contributed by atoms with Crippen LogP contribution < -0.4 is 0 Å². The number of aromatic nitrogens is 2. The predicted molar refractivity (Wildman–Crippen MR) is 131 cm³/mol. The third-order valence-corrected chi connectivity index (χ3v) is 7.57. The van der Waals surface area contributed by atoms with Crippen molar-refractivity contribution in [3.63, 3.8) is 0 Å². The Morgan fingerprint density at radius 1 is 1.12 bits per heavy atom. The summed E-state index contributed by atoms with van der Waals surface area (Å²) < 4.78 is 28.2. The second-order valence-electron chi connectivity index (χ2n) is 8.33. The zero-order valence-electron chi connectivity index (χ0n) is 20.2.